The number of benzene rings is 4. The molecule has 2 saturated carbocycles. The zero-order valence-electron chi connectivity index (χ0n) is 41.1. The summed E-state index contributed by atoms with van der Waals surface area (Å²) >= 11 is 7.85. The Bertz CT molecular complexity index is 2680. The summed E-state index contributed by atoms with van der Waals surface area (Å²) in [5.41, 5.74) is 2.98. The molecular formula is C55H66ClN7O6S. The van der Waals surface area contributed by atoms with Crippen LogP contribution in [-0.2, 0) is 14.3 Å². The van der Waals surface area contributed by atoms with Gasteiger partial charge in [0.25, 0.3) is 5.91 Å². The lowest BCUT2D eigenvalue weighted by molar-refractivity contribution is -0.164. The van der Waals surface area contributed by atoms with Crippen LogP contribution < -0.4 is 30.7 Å². The molecule has 3 fully saturated rings. The van der Waals surface area contributed by atoms with E-state index in [0.717, 1.165) is 77.0 Å². The van der Waals surface area contributed by atoms with Crippen molar-refractivity contribution in [3.63, 3.8) is 0 Å². The number of nitrogens with zero attached hydrogens (tertiary/aromatic N) is 3. The number of likely N-dealkylation sites (tertiary alicyclic amines) is 1. The largest absolute Gasteiger partial charge is 0.491 e. The summed E-state index contributed by atoms with van der Waals surface area (Å²) in [6.45, 7) is 12.6. The van der Waals surface area contributed by atoms with Gasteiger partial charge in [0.1, 0.15) is 41.3 Å². The Kier molecular flexibility index (Phi) is 16.0. The zero-order valence-corrected chi connectivity index (χ0v) is 42.7. The Morgan fingerprint density at radius 2 is 1.66 bits per heavy atom. The van der Waals surface area contributed by atoms with E-state index in [1.54, 1.807) is 36.6 Å². The minimum atomic E-state index is -0.532. The first-order chi connectivity index (χ1) is 33.7. The lowest BCUT2D eigenvalue weighted by Crippen LogP contribution is -2.74. The molecule has 0 radical (unpaired) electrons. The topological polar surface area (TPSA) is 167 Å². The van der Waals surface area contributed by atoms with E-state index in [-0.39, 0.29) is 58.7 Å². The van der Waals surface area contributed by atoms with E-state index in [2.05, 4.69) is 78.6 Å². The lowest BCUT2D eigenvalue weighted by atomic mass is 9.49. The number of anilines is 1. The van der Waals surface area contributed by atoms with Crippen LogP contribution in [-0.4, -0.2) is 91.8 Å². The fraction of sp³-hybridized carbons (Fsp3) is 0.473. The van der Waals surface area contributed by atoms with Crippen LogP contribution in [0.4, 0.5) is 5.69 Å². The number of aromatic nitrogens is 1. The summed E-state index contributed by atoms with van der Waals surface area (Å²) in [5.74, 6) is 1.22. The molecule has 4 aromatic carbocycles. The first kappa shape index (κ1) is 50.7. The number of thiazole rings is 1. The molecule has 1 saturated heterocycles. The summed E-state index contributed by atoms with van der Waals surface area (Å²) in [7, 11) is 1.76. The number of carbonyl (C=O) groups is 3. The van der Waals surface area contributed by atoms with Gasteiger partial charge in [0.15, 0.2) is 0 Å². The number of nitrogens with one attached hydrogen (secondary N) is 4. The van der Waals surface area contributed by atoms with Crippen LogP contribution in [0.2, 0.25) is 5.02 Å². The molecule has 0 bridgehead atoms. The number of halogens is 1. The molecule has 2 heterocycles. The van der Waals surface area contributed by atoms with Gasteiger partial charge in [0.05, 0.1) is 41.6 Å². The van der Waals surface area contributed by atoms with E-state index in [4.69, 9.17) is 30.8 Å². The number of amides is 3. The second-order valence-corrected chi connectivity index (χ2v) is 21.4. The molecule has 13 nitrogen and oxygen atoms in total. The van der Waals surface area contributed by atoms with Gasteiger partial charge in [-0.15, -0.1) is 11.3 Å². The maximum atomic E-state index is 14.4. The number of likely N-dealkylation sites (N-methyl/N-ethyl adjacent to an activating group) is 1. The van der Waals surface area contributed by atoms with Crippen molar-refractivity contribution in [3.05, 3.63) is 105 Å². The zero-order chi connectivity index (χ0) is 49.6. The van der Waals surface area contributed by atoms with Crippen LogP contribution in [0.1, 0.15) is 107 Å². The second kappa shape index (κ2) is 22.1. The Morgan fingerprint density at radius 3 is 2.37 bits per heavy atom. The quantitative estimate of drug-likeness (QED) is 0.0585. The molecule has 5 aromatic rings. The van der Waals surface area contributed by atoms with Gasteiger partial charge >= 0.3 is 0 Å². The molecule has 15 heteroatoms. The van der Waals surface area contributed by atoms with Crippen LogP contribution in [0.25, 0.3) is 22.0 Å². The molecule has 0 unspecified atom stereocenters. The Labute approximate surface area is 421 Å². The van der Waals surface area contributed by atoms with Crippen molar-refractivity contribution < 1.29 is 28.6 Å². The highest BCUT2D eigenvalue weighted by Crippen LogP contribution is 2.55. The van der Waals surface area contributed by atoms with Crippen LogP contribution in [0.3, 0.4) is 0 Å². The maximum absolute atomic E-state index is 14.4. The Morgan fingerprint density at radius 1 is 0.914 bits per heavy atom. The fourth-order valence-corrected chi connectivity index (χ4v) is 12.2. The lowest BCUT2D eigenvalue weighted by Gasteiger charge is -2.63. The number of fused-ring (bicyclic) bond motifs is 1. The fourth-order valence-electron chi connectivity index (χ4n) is 11.0. The highest BCUT2D eigenvalue weighted by atomic mass is 35.5. The van der Waals surface area contributed by atoms with Gasteiger partial charge < -0.3 is 40.4 Å². The van der Waals surface area contributed by atoms with Gasteiger partial charge in [-0.05, 0) is 99.5 Å². The van der Waals surface area contributed by atoms with Gasteiger partial charge in [-0.2, -0.15) is 5.26 Å². The summed E-state index contributed by atoms with van der Waals surface area (Å²) < 4.78 is 18.6. The molecular weight excluding hydrogens is 922 g/mol. The predicted octanol–water partition coefficient (Wildman–Crippen LogP) is 9.94. The summed E-state index contributed by atoms with van der Waals surface area (Å²) in [4.78, 5) is 48.0. The molecule has 2 aliphatic carbocycles. The van der Waals surface area contributed by atoms with Crippen molar-refractivity contribution >= 4 is 57.1 Å². The highest BCUT2D eigenvalue weighted by Gasteiger charge is 2.64. The molecule has 70 heavy (non-hydrogen) atoms. The van der Waals surface area contributed by atoms with Gasteiger partial charge in [-0.1, -0.05) is 82.8 Å². The van der Waals surface area contributed by atoms with Crippen LogP contribution in [0, 0.1) is 28.1 Å². The van der Waals surface area contributed by atoms with Gasteiger partial charge in [0.2, 0.25) is 11.8 Å². The minimum absolute atomic E-state index is 0.0120. The van der Waals surface area contributed by atoms with Crippen molar-refractivity contribution in [1.29, 1.82) is 5.26 Å². The molecule has 3 amide bonds. The smallest absolute Gasteiger partial charge is 0.251 e. The van der Waals surface area contributed by atoms with E-state index in [1.165, 1.54) is 6.42 Å². The van der Waals surface area contributed by atoms with Gasteiger partial charge in [0, 0.05) is 63.6 Å². The number of carbonyl (C=O) groups excluding carboxylic acids is 3. The third-order valence-electron chi connectivity index (χ3n) is 14.7. The number of hydrogen-bond donors (Lipinski definition) is 4. The molecule has 0 spiro atoms. The van der Waals surface area contributed by atoms with Crippen molar-refractivity contribution in [3.8, 4) is 28.8 Å². The Hall–Kier alpha value is -5.72. The highest BCUT2D eigenvalue weighted by molar-refractivity contribution is 7.10. The molecule has 370 valence electrons. The number of hydrogen-bond acceptors (Lipinski definition) is 11. The van der Waals surface area contributed by atoms with Crippen molar-refractivity contribution in [2.24, 2.45) is 16.7 Å². The normalized spacial score (nSPS) is 20.4. The number of ether oxygens (including phenoxy) is 3. The first-order valence-electron chi connectivity index (χ1n) is 24.7. The monoisotopic (exact) mass is 987 g/mol. The molecule has 3 aliphatic rings. The third kappa shape index (κ3) is 10.9. The molecule has 8 rings (SSSR count). The third-order valence-corrected chi connectivity index (χ3v) is 15.9. The van der Waals surface area contributed by atoms with E-state index >= 15 is 0 Å². The van der Waals surface area contributed by atoms with Gasteiger partial charge in [-0.25, -0.2) is 4.98 Å². The van der Waals surface area contributed by atoms with E-state index in [9.17, 15) is 19.6 Å². The predicted molar refractivity (Wildman–Crippen MR) is 276 cm³/mol. The van der Waals surface area contributed by atoms with Gasteiger partial charge in [-0.3, -0.25) is 14.4 Å². The minimum Gasteiger partial charge on any atom is -0.491 e. The summed E-state index contributed by atoms with van der Waals surface area (Å²) in [6.07, 6.45) is 6.77. The van der Waals surface area contributed by atoms with Crippen molar-refractivity contribution in [2.45, 2.75) is 110 Å². The Balaban J connectivity index is 0.801. The SMILES string of the molecule is CN[C@@H](C)C(=O)N[C@H](C(=O)N1CCC[C@H]1c1nc(-c2ccc(OCCOCCNc3ccc(C(=O)N[C@H]4C(C)(C)[C@H](Oc5ccc(C#N)c(Cl)c5)C4(C)C)cc3)c3ccccc23)cs1)C1CCCCC1. The van der Waals surface area contributed by atoms with Crippen LogP contribution in [0.15, 0.2) is 84.2 Å². The standard InChI is InChI=1S/C55H66ClN7O6S/c1-34(58-6)48(64)61-47(35-13-8-7-9-14-35)51(66)63-27-12-17-45(63)50-60-44(33-70-50)41-24-25-46(42-16-11-10-15-40(41)42)68-30-29-67-28-26-59-38-21-18-36(19-22-38)49(65)62-52-54(2,3)53(55(52,4)5)69-39-23-20-37(32-57)43(56)31-39/h10-11,15-16,18-25,31,33-35,45,47,52-53,58-59H,7-9,12-14,17,26-30H2,1-6H3,(H,61,64)(H,62,65)/t34-,45-,47-,52-,53-/m0/s1. The maximum Gasteiger partial charge on any atom is 0.251 e. The summed E-state index contributed by atoms with van der Waals surface area (Å²) in [5, 5.41) is 27.4. The van der Waals surface area contributed by atoms with Crippen LogP contribution >= 0.6 is 22.9 Å². The van der Waals surface area contributed by atoms with E-state index in [0.29, 0.717) is 54.8 Å². The second-order valence-electron chi connectivity index (χ2n) is 20.1. The van der Waals surface area contributed by atoms with E-state index in [1.807, 2.05) is 54.3 Å². The van der Waals surface area contributed by atoms with Crippen molar-refractivity contribution in [2.75, 3.05) is 45.3 Å². The average Bonchev–Trinajstić information content (AvgIpc) is 4.07. The molecule has 1 aliphatic heterocycles. The molecule has 3 atom stereocenters. The summed E-state index contributed by atoms with van der Waals surface area (Å²) in [6, 6.07) is 25.6. The van der Waals surface area contributed by atoms with Crippen molar-refractivity contribution in [1.82, 2.24) is 25.8 Å². The van der Waals surface area contributed by atoms with E-state index < -0.39 is 6.04 Å². The average molecular weight is 989 g/mol. The molecule has 1 aromatic heterocycles. The first-order valence-corrected chi connectivity index (χ1v) is 25.9. The van der Waals surface area contributed by atoms with Crippen LogP contribution in [0.5, 0.6) is 11.5 Å². The molecule has 4 N–H and O–H groups in total. The number of rotatable bonds is 19. The number of nitriles is 1.